The van der Waals surface area contributed by atoms with Crippen LogP contribution < -0.4 is 10.5 Å². The molecule has 0 N–H and O–H groups in total. The Bertz CT molecular complexity index is 1050. The van der Waals surface area contributed by atoms with Gasteiger partial charge >= 0.3 is 5.76 Å². The lowest BCUT2D eigenvalue weighted by molar-refractivity contribution is -0.131. The monoisotopic (exact) mass is 400 g/mol. The average Bonchev–Trinajstić information content (AvgIpc) is 3.03. The number of likely N-dealkylation sites (tertiary alicyclic amines) is 1. The Balaban J connectivity index is 1.43. The van der Waals surface area contributed by atoms with E-state index in [1.54, 1.807) is 29.9 Å². The van der Waals surface area contributed by atoms with E-state index in [9.17, 15) is 9.59 Å². The predicted molar refractivity (Wildman–Crippen MR) is 107 cm³/mol. The maximum atomic E-state index is 12.6. The average molecular weight is 401 g/mol. The third kappa shape index (κ3) is 3.64. The quantitative estimate of drug-likeness (QED) is 0.670. The van der Waals surface area contributed by atoms with E-state index in [1.165, 1.54) is 0 Å². The number of halogens is 1. The molecule has 2 heterocycles. The number of methoxy groups -OCH3 is 1. The molecule has 0 unspecified atom stereocenters. The molecule has 0 radical (unpaired) electrons. The molecule has 3 aromatic rings. The summed E-state index contributed by atoms with van der Waals surface area (Å²) in [6, 6.07) is 12.7. The van der Waals surface area contributed by atoms with Crippen molar-refractivity contribution in [3.63, 3.8) is 0 Å². The van der Waals surface area contributed by atoms with Crippen molar-refractivity contribution >= 4 is 28.6 Å². The molecule has 0 spiro atoms. The third-order valence-corrected chi connectivity index (χ3v) is 5.51. The summed E-state index contributed by atoms with van der Waals surface area (Å²) in [6.07, 6.45) is 1.77. The number of nitrogens with zero attached hydrogens (tertiary/aromatic N) is 2. The topological polar surface area (TPSA) is 64.7 Å². The summed E-state index contributed by atoms with van der Waals surface area (Å²) in [5.74, 6) is 0.492. The summed E-state index contributed by atoms with van der Waals surface area (Å²) in [6.45, 7) is 1.22. The van der Waals surface area contributed by atoms with Gasteiger partial charge in [0.05, 0.1) is 19.0 Å². The predicted octanol–water partition coefficient (Wildman–Crippen LogP) is 3.66. The van der Waals surface area contributed by atoms with Gasteiger partial charge in [0.15, 0.2) is 5.58 Å². The molecule has 7 heteroatoms. The largest absolute Gasteiger partial charge is 0.497 e. The SMILES string of the molecule is COc1ccc(CC(=O)N2CCC(n3c(=O)oc4ccc(Cl)cc43)CC2)cc1. The number of piperidine rings is 1. The highest BCUT2D eigenvalue weighted by atomic mass is 35.5. The Hall–Kier alpha value is -2.73. The van der Waals surface area contributed by atoms with Crippen LogP contribution >= 0.6 is 11.6 Å². The van der Waals surface area contributed by atoms with Gasteiger partial charge in [-0.15, -0.1) is 0 Å². The summed E-state index contributed by atoms with van der Waals surface area (Å²) in [5.41, 5.74) is 2.20. The van der Waals surface area contributed by atoms with Crippen LogP contribution in [-0.4, -0.2) is 35.6 Å². The number of benzene rings is 2. The zero-order valence-electron chi connectivity index (χ0n) is 15.6. The number of ether oxygens (including phenoxy) is 1. The highest BCUT2D eigenvalue weighted by Crippen LogP contribution is 2.27. The van der Waals surface area contributed by atoms with E-state index in [0.29, 0.717) is 48.5 Å². The van der Waals surface area contributed by atoms with Crippen LogP contribution in [-0.2, 0) is 11.2 Å². The zero-order valence-corrected chi connectivity index (χ0v) is 16.3. The number of hydrogen-bond donors (Lipinski definition) is 0. The molecule has 146 valence electrons. The van der Waals surface area contributed by atoms with Crippen molar-refractivity contribution in [1.29, 1.82) is 0 Å². The fraction of sp³-hybridized carbons (Fsp3) is 0.333. The van der Waals surface area contributed by atoms with Crippen LogP contribution in [0.3, 0.4) is 0 Å². The molecule has 1 aliphatic rings. The van der Waals surface area contributed by atoms with Crippen LogP contribution in [0, 0.1) is 0 Å². The number of oxazole rings is 1. The summed E-state index contributed by atoms with van der Waals surface area (Å²) in [5, 5.41) is 0.564. The van der Waals surface area contributed by atoms with Gasteiger partial charge in [-0.05, 0) is 48.7 Å². The van der Waals surface area contributed by atoms with Gasteiger partial charge in [-0.3, -0.25) is 9.36 Å². The van der Waals surface area contributed by atoms with Crippen molar-refractivity contribution in [2.45, 2.75) is 25.3 Å². The number of carbonyl (C=O) groups is 1. The molecular formula is C21H21ClN2O4. The summed E-state index contributed by atoms with van der Waals surface area (Å²) in [7, 11) is 1.62. The fourth-order valence-corrected chi connectivity index (χ4v) is 3.92. The molecule has 0 bridgehead atoms. The minimum absolute atomic E-state index is 0.00254. The van der Waals surface area contributed by atoms with Crippen molar-refractivity contribution in [2.75, 3.05) is 20.2 Å². The van der Waals surface area contributed by atoms with E-state index in [0.717, 1.165) is 11.3 Å². The first-order valence-corrected chi connectivity index (χ1v) is 9.64. The fourth-order valence-electron chi connectivity index (χ4n) is 3.76. The second-order valence-corrected chi connectivity index (χ2v) is 7.42. The smallest absolute Gasteiger partial charge is 0.420 e. The number of aromatic nitrogens is 1. The molecule has 28 heavy (non-hydrogen) atoms. The number of hydrogen-bond acceptors (Lipinski definition) is 4. The molecule has 0 atom stereocenters. The number of rotatable bonds is 4. The number of carbonyl (C=O) groups excluding carboxylic acids is 1. The minimum atomic E-state index is -0.375. The van der Waals surface area contributed by atoms with E-state index in [1.807, 2.05) is 29.2 Å². The molecular weight excluding hydrogens is 380 g/mol. The molecule has 1 amide bonds. The lowest BCUT2D eigenvalue weighted by Gasteiger charge is -2.32. The van der Waals surface area contributed by atoms with Crippen molar-refractivity contribution in [2.24, 2.45) is 0 Å². The van der Waals surface area contributed by atoms with Crippen molar-refractivity contribution in [3.05, 3.63) is 63.6 Å². The van der Waals surface area contributed by atoms with E-state index >= 15 is 0 Å². The van der Waals surface area contributed by atoms with Crippen molar-refractivity contribution in [3.8, 4) is 5.75 Å². The minimum Gasteiger partial charge on any atom is -0.497 e. The van der Waals surface area contributed by atoms with Gasteiger partial charge in [0.1, 0.15) is 5.75 Å². The van der Waals surface area contributed by atoms with Crippen molar-refractivity contribution < 1.29 is 13.9 Å². The van der Waals surface area contributed by atoms with Gasteiger partial charge in [0, 0.05) is 24.2 Å². The standard InChI is InChI=1S/C21H21ClN2O4/c1-27-17-5-2-14(3-6-17)12-20(25)23-10-8-16(9-11-23)24-18-13-15(22)4-7-19(18)28-21(24)26/h2-7,13,16H,8-12H2,1H3. The van der Waals surface area contributed by atoms with E-state index < -0.39 is 0 Å². The second-order valence-electron chi connectivity index (χ2n) is 6.99. The third-order valence-electron chi connectivity index (χ3n) is 5.27. The van der Waals surface area contributed by atoms with Crippen LogP contribution in [0.4, 0.5) is 0 Å². The first kappa shape index (κ1) is 18.6. The first-order chi connectivity index (χ1) is 13.5. The molecule has 4 rings (SSSR count). The Labute approximate surface area is 167 Å². The second kappa shape index (κ2) is 7.72. The van der Waals surface area contributed by atoms with Crippen LogP contribution in [0.1, 0.15) is 24.4 Å². The maximum Gasteiger partial charge on any atom is 0.420 e. The summed E-state index contributed by atoms with van der Waals surface area (Å²) in [4.78, 5) is 26.8. The Morgan fingerprint density at radius 3 is 2.57 bits per heavy atom. The Kier molecular flexibility index (Phi) is 5.13. The highest BCUT2D eigenvalue weighted by Gasteiger charge is 2.26. The van der Waals surface area contributed by atoms with Gasteiger partial charge in [-0.25, -0.2) is 4.79 Å². The van der Waals surface area contributed by atoms with Gasteiger partial charge in [-0.1, -0.05) is 23.7 Å². The molecule has 1 aliphatic heterocycles. The van der Waals surface area contributed by atoms with Gasteiger partial charge in [-0.2, -0.15) is 0 Å². The van der Waals surface area contributed by atoms with E-state index in [2.05, 4.69) is 0 Å². The lowest BCUT2D eigenvalue weighted by atomic mass is 10.0. The maximum absolute atomic E-state index is 12.6. The molecule has 1 fully saturated rings. The molecule has 1 saturated heterocycles. The van der Waals surface area contributed by atoms with Gasteiger partial charge in [0.2, 0.25) is 5.91 Å². The normalized spacial score (nSPS) is 15.1. The van der Waals surface area contributed by atoms with E-state index in [4.69, 9.17) is 20.8 Å². The molecule has 2 aromatic carbocycles. The molecule has 6 nitrogen and oxygen atoms in total. The zero-order chi connectivity index (χ0) is 19.7. The van der Waals surface area contributed by atoms with Crippen LogP contribution in [0.25, 0.3) is 11.1 Å². The first-order valence-electron chi connectivity index (χ1n) is 9.26. The van der Waals surface area contributed by atoms with Crippen LogP contribution in [0.15, 0.2) is 51.7 Å². The molecule has 0 saturated carbocycles. The van der Waals surface area contributed by atoms with Gasteiger partial charge in [0.25, 0.3) is 0 Å². The van der Waals surface area contributed by atoms with Crippen molar-refractivity contribution in [1.82, 2.24) is 9.47 Å². The van der Waals surface area contributed by atoms with Crippen LogP contribution in [0.5, 0.6) is 5.75 Å². The highest BCUT2D eigenvalue weighted by molar-refractivity contribution is 6.31. The number of amides is 1. The van der Waals surface area contributed by atoms with Gasteiger partial charge < -0.3 is 14.1 Å². The Morgan fingerprint density at radius 2 is 1.89 bits per heavy atom. The summed E-state index contributed by atoms with van der Waals surface area (Å²) < 4.78 is 12.2. The lowest BCUT2D eigenvalue weighted by Crippen LogP contribution is -2.41. The summed E-state index contributed by atoms with van der Waals surface area (Å²) >= 11 is 6.08. The molecule has 0 aliphatic carbocycles. The van der Waals surface area contributed by atoms with E-state index in [-0.39, 0.29) is 17.7 Å². The number of fused-ring (bicyclic) bond motifs is 1. The van der Waals surface area contributed by atoms with Crippen LogP contribution in [0.2, 0.25) is 5.02 Å². The molecule has 1 aromatic heterocycles. The Morgan fingerprint density at radius 1 is 1.18 bits per heavy atom.